The fourth-order valence-electron chi connectivity index (χ4n) is 3.16. The Balaban J connectivity index is 1.70. The third kappa shape index (κ3) is 4.20. The van der Waals surface area contributed by atoms with Crippen molar-refractivity contribution in [2.75, 3.05) is 30.4 Å². The highest BCUT2D eigenvalue weighted by atomic mass is 16.5. The van der Waals surface area contributed by atoms with Crippen molar-refractivity contribution in [3.8, 4) is 0 Å². The van der Waals surface area contributed by atoms with Crippen LogP contribution in [0.1, 0.15) is 40.5 Å². The second-order valence-electron chi connectivity index (χ2n) is 6.65. The number of hydrogen-bond donors (Lipinski definition) is 1. The minimum absolute atomic E-state index is 0.227. The largest absolute Gasteiger partial charge is 0.465 e. The van der Waals surface area contributed by atoms with Gasteiger partial charge in [0.1, 0.15) is 0 Å². The molecule has 1 atom stereocenters. The van der Waals surface area contributed by atoms with E-state index in [0.717, 1.165) is 25.2 Å². The van der Waals surface area contributed by atoms with Crippen LogP contribution in [0.2, 0.25) is 0 Å². The van der Waals surface area contributed by atoms with E-state index in [9.17, 15) is 9.59 Å². The lowest BCUT2D eigenvalue weighted by atomic mass is 10.00. The Morgan fingerprint density at radius 1 is 1.19 bits per heavy atom. The number of aromatic nitrogens is 1. The molecule has 0 radical (unpaired) electrons. The first-order valence-corrected chi connectivity index (χ1v) is 8.76. The molecule has 3 rings (SSSR count). The molecule has 1 fully saturated rings. The van der Waals surface area contributed by atoms with Crippen LogP contribution >= 0.6 is 0 Å². The van der Waals surface area contributed by atoms with E-state index in [2.05, 4.69) is 26.9 Å². The average molecular weight is 353 g/mol. The van der Waals surface area contributed by atoms with E-state index in [-0.39, 0.29) is 5.91 Å². The van der Waals surface area contributed by atoms with Gasteiger partial charge in [0.05, 0.1) is 30.1 Å². The second-order valence-corrected chi connectivity index (χ2v) is 6.65. The molecule has 1 saturated heterocycles. The number of nitrogens with one attached hydrogen (secondary N) is 1. The smallest absolute Gasteiger partial charge is 0.337 e. The summed E-state index contributed by atoms with van der Waals surface area (Å²) in [6.07, 6.45) is 5.77. The van der Waals surface area contributed by atoms with Crippen molar-refractivity contribution in [1.29, 1.82) is 0 Å². The molecule has 0 aliphatic carbocycles. The zero-order valence-corrected chi connectivity index (χ0v) is 15.1. The number of esters is 1. The van der Waals surface area contributed by atoms with Gasteiger partial charge in [-0.25, -0.2) is 4.79 Å². The molecule has 1 aliphatic rings. The predicted octanol–water partition coefficient (Wildman–Crippen LogP) is 3.36. The van der Waals surface area contributed by atoms with E-state index >= 15 is 0 Å². The van der Waals surface area contributed by atoms with Gasteiger partial charge in [0.25, 0.3) is 5.91 Å². The van der Waals surface area contributed by atoms with Crippen molar-refractivity contribution in [3.63, 3.8) is 0 Å². The molecular formula is C20H23N3O3. The number of piperidine rings is 1. The van der Waals surface area contributed by atoms with Crippen molar-refractivity contribution in [1.82, 2.24) is 4.98 Å². The SMILES string of the molecule is COC(=O)c1ccc(NC(=O)c2cncc(N3CCCC(C)C3)c2)cc1. The average Bonchev–Trinajstić information content (AvgIpc) is 2.68. The monoisotopic (exact) mass is 353 g/mol. The summed E-state index contributed by atoms with van der Waals surface area (Å²) < 4.78 is 4.67. The third-order valence-corrected chi connectivity index (χ3v) is 4.57. The number of nitrogens with zero attached hydrogens (tertiary/aromatic N) is 2. The maximum Gasteiger partial charge on any atom is 0.337 e. The molecule has 2 aromatic rings. The Kier molecular flexibility index (Phi) is 5.51. The fraction of sp³-hybridized carbons (Fsp3) is 0.350. The Morgan fingerprint density at radius 2 is 1.96 bits per heavy atom. The van der Waals surface area contributed by atoms with Crippen LogP contribution < -0.4 is 10.2 Å². The van der Waals surface area contributed by atoms with Gasteiger partial charge in [0.2, 0.25) is 0 Å². The molecule has 0 spiro atoms. The van der Waals surface area contributed by atoms with Crippen LogP contribution in [0, 0.1) is 5.92 Å². The van der Waals surface area contributed by atoms with Gasteiger partial charge in [-0.2, -0.15) is 0 Å². The predicted molar refractivity (Wildman–Crippen MR) is 101 cm³/mol. The highest BCUT2D eigenvalue weighted by Gasteiger charge is 2.18. The molecule has 6 nitrogen and oxygen atoms in total. The number of methoxy groups -OCH3 is 1. The van der Waals surface area contributed by atoms with Gasteiger partial charge in [0.15, 0.2) is 0 Å². The lowest BCUT2D eigenvalue weighted by molar-refractivity contribution is 0.0600. The van der Waals surface area contributed by atoms with Crippen molar-refractivity contribution < 1.29 is 14.3 Å². The van der Waals surface area contributed by atoms with Crippen molar-refractivity contribution in [3.05, 3.63) is 53.9 Å². The number of amides is 1. The Hall–Kier alpha value is -2.89. The summed E-state index contributed by atoms with van der Waals surface area (Å²) >= 11 is 0. The summed E-state index contributed by atoms with van der Waals surface area (Å²) in [6, 6.07) is 8.46. The quantitative estimate of drug-likeness (QED) is 0.854. The summed E-state index contributed by atoms with van der Waals surface area (Å²) in [5, 5.41) is 2.83. The van der Waals surface area contributed by atoms with E-state index in [1.54, 1.807) is 36.7 Å². The number of pyridine rings is 1. The van der Waals surface area contributed by atoms with Gasteiger partial charge in [0, 0.05) is 25.0 Å². The summed E-state index contributed by atoms with van der Waals surface area (Å²) in [5.41, 5.74) is 2.54. The topological polar surface area (TPSA) is 71.5 Å². The number of anilines is 2. The first-order valence-electron chi connectivity index (χ1n) is 8.76. The fourth-order valence-corrected chi connectivity index (χ4v) is 3.16. The molecular weight excluding hydrogens is 330 g/mol. The maximum absolute atomic E-state index is 12.5. The second kappa shape index (κ2) is 7.99. The highest BCUT2D eigenvalue weighted by Crippen LogP contribution is 2.23. The molecule has 1 N–H and O–H groups in total. The molecule has 1 unspecified atom stereocenters. The van der Waals surface area contributed by atoms with E-state index in [4.69, 9.17) is 0 Å². The van der Waals surface area contributed by atoms with Gasteiger partial charge in [-0.1, -0.05) is 6.92 Å². The van der Waals surface area contributed by atoms with Crippen LogP contribution in [0.4, 0.5) is 11.4 Å². The number of carbonyl (C=O) groups excluding carboxylic acids is 2. The summed E-state index contributed by atoms with van der Waals surface area (Å²) in [5.74, 6) is 0.0142. The van der Waals surface area contributed by atoms with Crippen LogP contribution in [0.15, 0.2) is 42.7 Å². The van der Waals surface area contributed by atoms with Crippen molar-refractivity contribution in [2.24, 2.45) is 5.92 Å². The number of ether oxygens (including phenoxy) is 1. The molecule has 0 bridgehead atoms. The number of hydrogen-bond acceptors (Lipinski definition) is 5. The van der Waals surface area contributed by atoms with Gasteiger partial charge < -0.3 is 15.0 Å². The van der Waals surface area contributed by atoms with Gasteiger partial charge in [-0.15, -0.1) is 0 Å². The van der Waals surface area contributed by atoms with E-state index in [1.807, 2.05) is 6.07 Å². The summed E-state index contributed by atoms with van der Waals surface area (Å²) in [7, 11) is 1.33. The molecule has 0 saturated carbocycles. The van der Waals surface area contributed by atoms with E-state index in [1.165, 1.54) is 13.5 Å². The molecule has 1 aromatic carbocycles. The van der Waals surface area contributed by atoms with Crippen molar-refractivity contribution in [2.45, 2.75) is 19.8 Å². The molecule has 26 heavy (non-hydrogen) atoms. The van der Waals surface area contributed by atoms with E-state index in [0.29, 0.717) is 22.7 Å². The minimum atomic E-state index is -0.407. The van der Waals surface area contributed by atoms with Crippen LogP contribution in [-0.2, 0) is 4.74 Å². The first kappa shape index (κ1) is 17.9. The van der Waals surface area contributed by atoms with Crippen LogP contribution in [-0.4, -0.2) is 37.1 Å². The van der Waals surface area contributed by atoms with E-state index < -0.39 is 5.97 Å². The zero-order valence-electron chi connectivity index (χ0n) is 15.1. The molecule has 136 valence electrons. The number of rotatable bonds is 4. The molecule has 1 amide bonds. The Labute approximate surface area is 153 Å². The standard InChI is InChI=1S/C20H23N3O3/c1-14-4-3-9-23(13-14)18-10-16(11-21-12-18)19(24)22-17-7-5-15(6-8-17)20(25)26-2/h5-8,10-12,14H,3-4,9,13H2,1-2H3,(H,22,24). The summed E-state index contributed by atoms with van der Waals surface area (Å²) in [6.45, 7) is 4.22. The normalized spacial score (nSPS) is 16.8. The lowest BCUT2D eigenvalue weighted by Gasteiger charge is -2.32. The number of carbonyl (C=O) groups is 2. The lowest BCUT2D eigenvalue weighted by Crippen LogP contribution is -2.34. The Bertz CT molecular complexity index is 789. The minimum Gasteiger partial charge on any atom is -0.465 e. The van der Waals surface area contributed by atoms with Gasteiger partial charge in [-0.05, 0) is 49.1 Å². The number of benzene rings is 1. The van der Waals surface area contributed by atoms with Gasteiger partial charge >= 0.3 is 5.97 Å². The molecule has 6 heteroatoms. The molecule has 1 aliphatic heterocycles. The maximum atomic E-state index is 12.5. The first-order chi connectivity index (χ1) is 12.6. The Morgan fingerprint density at radius 3 is 2.65 bits per heavy atom. The third-order valence-electron chi connectivity index (χ3n) is 4.57. The molecule has 1 aromatic heterocycles. The van der Waals surface area contributed by atoms with Crippen LogP contribution in [0.25, 0.3) is 0 Å². The zero-order chi connectivity index (χ0) is 18.5. The van der Waals surface area contributed by atoms with Crippen molar-refractivity contribution >= 4 is 23.3 Å². The molecule has 2 heterocycles. The highest BCUT2D eigenvalue weighted by molar-refractivity contribution is 6.04. The summed E-state index contributed by atoms with van der Waals surface area (Å²) in [4.78, 5) is 30.5. The van der Waals surface area contributed by atoms with Crippen LogP contribution in [0.3, 0.4) is 0 Å². The van der Waals surface area contributed by atoms with Gasteiger partial charge in [-0.3, -0.25) is 9.78 Å². The van der Waals surface area contributed by atoms with Crippen LogP contribution in [0.5, 0.6) is 0 Å².